The molecule has 2 amide bonds. The summed E-state index contributed by atoms with van der Waals surface area (Å²) < 4.78 is 0. The van der Waals surface area contributed by atoms with E-state index in [1.165, 1.54) is 0 Å². The van der Waals surface area contributed by atoms with Gasteiger partial charge in [-0.15, -0.1) is 0 Å². The number of allylic oxidation sites excluding steroid dienone is 2. The molecule has 0 heterocycles. The van der Waals surface area contributed by atoms with Crippen molar-refractivity contribution in [1.29, 1.82) is 0 Å². The van der Waals surface area contributed by atoms with Crippen molar-refractivity contribution in [3.8, 4) is 0 Å². The Balaban J connectivity index is 1.42. The fourth-order valence-corrected chi connectivity index (χ4v) is 3.78. The molecule has 4 heteroatoms. The summed E-state index contributed by atoms with van der Waals surface area (Å²) in [5.74, 6) is 0.923. The van der Waals surface area contributed by atoms with Gasteiger partial charge in [-0.05, 0) is 55.0 Å². The van der Waals surface area contributed by atoms with Gasteiger partial charge >= 0.3 is 0 Å². The summed E-state index contributed by atoms with van der Waals surface area (Å²) in [6.45, 7) is 0. The highest BCUT2D eigenvalue weighted by Gasteiger charge is 2.39. The second-order valence-corrected chi connectivity index (χ2v) is 6.78. The third-order valence-corrected chi connectivity index (χ3v) is 5.04. The molecule has 2 aliphatic rings. The Labute approximate surface area is 146 Å². The lowest BCUT2D eigenvalue weighted by molar-refractivity contribution is -0.120. The highest BCUT2D eigenvalue weighted by Crippen LogP contribution is 2.43. The Morgan fingerprint density at radius 3 is 2.28 bits per heavy atom. The van der Waals surface area contributed by atoms with Crippen molar-refractivity contribution in [3.05, 3.63) is 72.3 Å². The first-order chi connectivity index (χ1) is 12.2. The predicted octanol–water partition coefficient (Wildman–Crippen LogP) is 4.09. The Hall–Kier alpha value is -2.88. The molecular weight excluding hydrogens is 312 g/mol. The quantitative estimate of drug-likeness (QED) is 0.829. The van der Waals surface area contributed by atoms with Crippen LogP contribution in [0.15, 0.2) is 66.7 Å². The second-order valence-electron chi connectivity index (χ2n) is 6.78. The summed E-state index contributed by atoms with van der Waals surface area (Å²) >= 11 is 0. The Morgan fingerprint density at radius 1 is 0.840 bits per heavy atom. The van der Waals surface area contributed by atoms with E-state index in [1.54, 1.807) is 18.2 Å². The smallest absolute Gasteiger partial charge is 0.255 e. The third-order valence-electron chi connectivity index (χ3n) is 5.04. The van der Waals surface area contributed by atoms with E-state index in [9.17, 15) is 9.59 Å². The zero-order valence-electron chi connectivity index (χ0n) is 13.8. The predicted molar refractivity (Wildman–Crippen MR) is 98.3 cm³/mol. The molecule has 2 N–H and O–H groups in total. The zero-order valence-corrected chi connectivity index (χ0v) is 13.8. The van der Waals surface area contributed by atoms with Gasteiger partial charge in [0, 0.05) is 22.9 Å². The van der Waals surface area contributed by atoms with Crippen molar-refractivity contribution >= 4 is 23.2 Å². The second kappa shape index (κ2) is 6.55. The van der Waals surface area contributed by atoms with Crippen LogP contribution in [0, 0.1) is 17.8 Å². The maximum absolute atomic E-state index is 12.5. The lowest BCUT2D eigenvalue weighted by Gasteiger charge is -2.18. The van der Waals surface area contributed by atoms with Gasteiger partial charge in [-0.1, -0.05) is 36.4 Å². The average Bonchev–Trinajstić information content (AvgIpc) is 3.26. The molecule has 0 unspecified atom stereocenters. The molecule has 4 rings (SSSR count). The summed E-state index contributed by atoms with van der Waals surface area (Å²) in [4.78, 5) is 24.8. The number of rotatable bonds is 4. The largest absolute Gasteiger partial charge is 0.326 e. The number of fused-ring (bicyclic) bond motifs is 2. The van der Waals surface area contributed by atoms with Crippen LogP contribution in [0.25, 0.3) is 0 Å². The van der Waals surface area contributed by atoms with E-state index >= 15 is 0 Å². The van der Waals surface area contributed by atoms with Crippen LogP contribution in [0.4, 0.5) is 11.4 Å². The Kier molecular flexibility index (Phi) is 4.10. The fraction of sp³-hybridized carbons (Fsp3) is 0.238. The lowest BCUT2D eigenvalue weighted by Crippen LogP contribution is -2.25. The molecule has 126 valence electrons. The summed E-state index contributed by atoms with van der Waals surface area (Å²) in [6.07, 6.45) is 6.45. The van der Waals surface area contributed by atoms with Crippen LogP contribution in [0.1, 0.15) is 23.2 Å². The van der Waals surface area contributed by atoms with E-state index in [-0.39, 0.29) is 17.7 Å². The van der Waals surface area contributed by atoms with Gasteiger partial charge in [-0.2, -0.15) is 0 Å². The van der Waals surface area contributed by atoms with Crippen LogP contribution in [0.5, 0.6) is 0 Å². The van der Waals surface area contributed by atoms with Gasteiger partial charge in [-0.25, -0.2) is 0 Å². The Morgan fingerprint density at radius 2 is 1.60 bits per heavy atom. The van der Waals surface area contributed by atoms with Gasteiger partial charge in [0.25, 0.3) is 5.91 Å². The summed E-state index contributed by atoms with van der Waals surface area (Å²) in [7, 11) is 0. The molecule has 1 fully saturated rings. The minimum atomic E-state index is -0.165. The summed E-state index contributed by atoms with van der Waals surface area (Å²) in [5, 5.41) is 5.86. The summed E-state index contributed by atoms with van der Waals surface area (Å²) in [5.41, 5.74) is 1.98. The third kappa shape index (κ3) is 3.33. The van der Waals surface area contributed by atoms with E-state index < -0.39 is 0 Å². The minimum absolute atomic E-state index is 0.0672. The number of amides is 2. The Bertz CT molecular complexity index is 829. The number of nitrogens with one attached hydrogen (secondary N) is 2. The van der Waals surface area contributed by atoms with Crippen molar-refractivity contribution in [2.45, 2.75) is 12.8 Å². The molecule has 2 bridgehead atoms. The number of hydrogen-bond donors (Lipinski definition) is 2. The first-order valence-corrected chi connectivity index (χ1v) is 8.65. The molecule has 0 spiro atoms. The molecule has 1 saturated carbocycles. The SMILES string of the molecule is O=C(Nc1cccc(NC(=O)[C@H]2C[C@H]3C=C[C@H]2C3)c1)c1ccccc1. The van der Waals surface area contributed by atoms with Gasteiger partial charge in [0.05, 0.1) is 0 Å². The first-order valence-electron chi connectivity index (χ1n) is 8.65. The summed E-state index contributed by atoms with van der Waals surface area (Å²) in [6, 6.07) is 16.4. The van der Waals surface area contributed by atoms with Gasteiger partial charge in [-0.3, -0.25) is 9.59 Å². The number of carbonyl (C=O) groups excluding carboxylic acids is 2. The lowest BCUT2D eigenvalue weighted by atomic mass is 9.93. The van der Waals surface area contributed by atoms with E-state index in [0.717, 1.165) is 12.8 Å². The highest BCUT2D eigenvalue weighted by atomic mass is 16.2. The van der Waals surface area contributed by atoms with Crippen LogP contribution in [0.2, 0.25) is 0 Å². The number of benzene rings is 2. The van der Waals surface area contributed by atoms with Crippen LogP contribution in [0.3, 0.4) is 0 Å². The number of anilines is 2. The average molecular weight is 332 g/mol. The maximum Gasteiger partial charge on any atom is 0.255 e. The standard InChI is InChI=1S/C21H20N2O2/c24-20(15-5-2-1-3-6-15)22-17-7-4-8-18(13-17)23-21(25)19-12-14-9-10-16(19)11-14/h1-10,13-14,16,19H,11-12H2,(H,22,24)(H,23,25)/t14-,16-,19-/m0/s1. The van der Waals surface area contributed by atoms with E-state index in [1.807, 2.05) is 36.4 Å². The van der Waals surface area contributed by atoms with Crippen LogP contribution >= 0.6 is 0 Å². The molecule has 0 saturated heterocycles. The van der Waals surface area contributed by atoms with Crippen molar-refractivity contribution in [2.24, 2.45) is 17.8 Å². The van der Waals surface area contributed by atoms with Gasteiger partial charge < -0.3 is 10.6 Å². The normalized spacial score (nSPS) is 23.4. The molecule has 0 aliphatic heterocycles. The van der Waals surface area contributed by atoms with Crippen molar-refractivity contribution in [3.63, 3.8) is 0 Å². The fourth-order valence-electron chi connectivity index (χ4n) is 3.78. The van der Waals surface area contributed by atoms with Crippen molar-refractivity contribution in [2.75, 3.05) is 10.6 Å². The highest BCUT2D eigenvalue weighted by molar-refractivity contribution is 6.04. The van der Waals surface area contributed by atoms with Crippen LogP contribution in [-0.4, -0.2) is 11.8 Å². The number of hydrogen-bond acceptors (Lipinski definition) is 2. The maximum atomic E-state index is 12.5. The molecule has 25 heavy (non-hydrogen) atoms. The molecule has 0 radical (unpaired) electrons. The van der Waals surface area contributed by atoms with Gasteiger partial charge in [0.1, 0.15) is 0 Å². The zero-order chi connectivity index (χ0) is 17.2. The van der Waals surface area contributed by atoms with Gasteiger partial charge in [0.15, 0.2) is 0 Å². The molecule has 2 aromatic carbocycles. The minimum Gasteiger partial charge on any atom is -0.326 e. The van der Waals surface area contributed by atoms with Crippen molar-refractivity contribution in [1.82, 2.24) is 0 Å². The topological polar surface area (TPSA) is 58.2 Å². The van der Waals surface area contributed by atoms with Gasteiger partial charge in [0.2, 0.25) is 5.91 Å². The molecule has 2 aromatic rings. The van der Waals surface area contributed by atoms with E-state index in [0.29, 0.717) is 28.8 Å². The molecular formula is C21H20N2O2. The molecule has 2 aliphatic carbocycles. The molecule has 3 atom stereocenters. The van der Waals surface area contributed by atoms with Crippen molar-refractivity contribution < 1.29 is 9.59 Å². The van der Waals surface area contributed by atoms with E-state index in [2.05, 4.69) is 22.8 Å². The number of carbonyl (C=O) groups is 2. The molecule has 0 aromatic heterocycles. The van der Waals surface area contributed by atoms with Crippen LogP contribution in [-0.2, 0) is 4.79 Å². The van der Waals surface area contributed by atoms with Crippen LogP contribution < -0.4 is 10.6 Å². The van der Waals surface area contributed by atoms with E-state index in [4.69, 9.17) is 0 Å². The monoisotopic (exact) mass is 332 g/mol. The molecule has 4 nitrogen and oxygen atoms in total. The first kappa shape index (κ1) is 15.6.